The lowest BCUT2D eigenvalue weighted by Crippen LogP contribution is -2.26. The van der Waals surface area contributed by atoms with Gasteiger partial charge in [-0.1, -0.05) is 79.7 Å². The molecule has 0 radical (unpaired) electrons. The van der Waals surface area contributed by atoms with Crippen molar-refractivity contribution in [3.63, 3.8) is 0 Å². The third kappa shape index (κ3) is 4.42. The highest BCUT2D eigenvalue weighted by molar-refractivity contribution is 7.93. The molecule has 1 heterocycles. The van der Waals surface area contributed by atoms with Crippen LogP contribution in [0.4, 0.5) is 0 Å². The molecule has 1 unspecified atom stereocenters. The van der Waals surface area contributed by atoms with Gasteiger partial charge in [-0.05, 0) is 36.5 Å². The largest absolute Gasteiger partial charge is 0.479 e. The molecule has 0 bridgehead atoms. The quantitative estimate of drug-likeness (QED) is 0.320. The molecule has 36 heavy (non-hydrogen) atoms. The summed E-state index contributed by atoms with van der Waals surface area (Å²) in [5.74, 6) is -0.502. The molecule has 0 saturated carbocycles. The Kier molecular flexibility index (Phi) is 6.64. The fourth-order valence-corrected chi connectivity index (χ4v) is 7.91. The average Bonchev–Trinajstić information content (AvgIpc) is 3.34. The highest BCUT2D eigenvalue weighted by Gasteiger charge is 2.35. The Morgan fingerprint density at radius 2 is 1.61 bits per heavy atom. The third-order valence-corrected chi connectivity index (χ3v) is 9.94. The van der Waals surface area contributed by atoms with Crippen molar-refractivity contribution in [2.75, 3.05) is 0 Å². The number of benzene rings is 3. The maximum atomic E-state index is 14.0. The van der Waals surface area contributed by atoms with Crippen LogP contribution in [0.15, 0.2) is 83.2 Å². The molecule has 184 valence electrons. The smallest absolute Gasteiger partial charge is 0.344 e. The molecule has 1 aromatic heterocycles. The van der Waals surface area contributed by atoms with E-state index in [0.717, 1.165) is 16.0 Å². The molecule has 3 aromatic carbocycles. The first-order valence-corrected chi connectivity index (χ1v) is 14.1. The van der Waals surface area contributed by atoms with Crippen LogP contribution in [0.5, 0.6) is 5.75 Å². The van der Waals surface area contributed by atoms with E-state index in [1.807, 2.05) is 66.7 Å². The number of ether oxygens (including phenoxy) is 1. The van der Waals surface area contributed by atoms with Gasteiger partial charge in [0.05, 0.1) is 5.69 Å². The Bertz CT molecular complexity index is 1460. The normalized spacial score (nSPS) is 13.6. The van der Waals surface area contributed by atoms with Crippen molar-refractivity contribution < 1.29 is 23.1 Å². The first-order valence-electron chi connectivity index (χ1n) is 11.8. The van der Waals surface area contributed by atoms with Gasteiger partial charge in [-0.15, -0.1) is 11.3 Å². The van der Waals surface area contributed by atoms with E-state index in [2.05, 4.69) is 4.98 Å². The molecule has 8 heteroatoms. The van der Waals surface area contributed by atoms with Crippen molar-refractivity contribution in [3.05, 3.63) is 100 Å². The predicted molar refractivity (Wildman–Crippen MR) is 139 cm³/mol. The van der Waals surface area contributed by atoms with Gasteiger partial charge in [0.1, 0.15) is 11.0 Å². The number of sulfone groups is 1. The number of aryl methyl sites for hydroxylation is 1. The zero-order valence-electron chi connectivity index (χ0n) is 19.6. The molecule has 6 nitrogen and oxygen atoms in total. The van der Waals surface area contributed by atoms with Crippen LogP contribution in [0.25, 0.3) is 11.3 Å². The summed E-state index contributed by atoms with van der Waals surface area (Å²) in [6, 6.07) is 23.8. The number of hydrogen-bond acceptors (Lipinski definition) is 6. The molecular weight excluding hydrogens is 494 g/mol. The van der Waals surface area contributed by atoms with E-state index >= 15 is 0 Å². The molecule has 0 aliphatic heterocycles. The summed E-state index contributed by atoms with van der Waals surface area (Å²) < 4.78 is 34.0. The number of carbonyl (C=O) groups is 1. The van der Waals surface area contributed by atoms with Crippen molar-refractivity contribution in [2.24, 2.45) is 0 Å². The van der Waals surface area contributed by atoms with Gasteiger partial charge in [-0.3, -0.25) is 0 Å². The minimum atomic E-state index is -3.85. The first-order chi connectivity index (χ1) is 17.4. The number of aliphatic carboxylic acids is 1. The Morgan fingerprint density at radius 3 is 2.19 bits per heavy atom. The van der Waals surface area contributed by atoms with Crippen molar-refractivity contribution in [1.29, 1.82) is 0 Å². The van der Waals surface area contributed by atoms with Gasteiger partial charge in [0, 0.05) is 16.0 Å². The summed E-state index contributed by atoms with van der Waals surface area (Å²) in [6.07, 6.45) is 0.628. The summed E-state index contributed by atoms with van der Waals surface area (Å²) in [6.45, 7) is 1.76. The van der Waals surface area contributed by atoms with Gasteiger partial charge < -0.3 is 9.84 Å². The molecule has 1 aliphatic rings. The maximum absolute atomic E-state index is 14.0. The monoisotopic (exact) mass is 519 g/mol. The van der Waals surface area contributed by atoms with Crippen molar-refractivity contribution in [1.82, 2.24) is 4.98 Å². The molecule has 0 spiro atoms. The molecular formula is C28H25NO5S2. The minimum Gasteiger partial charge on any atom is -0.479 e. The predicted octanol–water partition coefficient (Wildman–Crippen LogP) is 5.71. The molecule has 0 amide bonds. The number of aromatic nitrogens is 1. The summed E-state index contributed by atoms with van der Waals surface area (Å²) in [5, 5.41) is 8.55. The summed E-state index contributed by atoms with van der Waals surface area (Å²) >= 11 is 1.22. The fourth-order valence-electron chi connectivity index (χ4n) is 4.59. The standard InChI is InChI=1S/C28H25NO5S2/c1-2-22(27(30)31)34-23-15-9-14-21-20(23)16-17-24-25(21)29-28(35-24)36(32,33)26(18-10-5-3-6-11-18)19-12-7-4-8-13-19/h3-15,22,26H,2,16-17H2,1H3,(H,30,31). The Labute approximate surface area is 214 Å². The number of rotatable bonds is 8. The van der Waals surface area contributed by atoms with Crippen LogP contribution in [0.3, 0.4) is 0 Å². The lowest BCUT2D eigenvalue weighted by atomic mass is 9.92. The Hall–Kier alpha value is -3.49. The van der Waals surface area contributed by atoms with Crippen LogP contribution in [0.2, 0.25) is 0 Å². The molecule has 1 atom stereocenters. The number of nitrogens with zero attached hydrogens (tertiary/aromatic N) is 1. The number of carboxylic acids is 1. The summed E-state index contributed by atoms with van der Waals surface area (Å²) in [4.78, 5) is 17.1. The molecule has 1 aliphatic carbocycles. The molecule has 5 rings (SSSR count). The Morgan fingerprint density at radius 1 is 0.972 bits per heavy atom. The average molecular weight is 520 g/mol. The van der Waals surface area contributed by atoms with Gasteiger partial charge >= 0.3 is 5.97 Å². The van der Waals surface area contributed by atoms with Gasteiger partial charge in [-0.2, -0.15) is 0 Å². The number of thiazole rings is 1. The lowest BCUT2D eigenvalue weighted by Gasteiger charge is -2.21. The van der Waals surface area contributed by atoms with Crippen LogP contribution in [-0.4, -0.2) is 30.6 Å². The molecule has 0 saturated heterocycles. The number of fused-ring (bicyclic) bond motifs is 3. The fraction of sp³-hybridized carbons (Fsp3) is 0.214. The topological polar surface area (TPSA) is 93.6 Å². The second kappa shape index (κ2) is 9.87. The van der Waals surface area contributed by atoms with Gasteiger partial charge in [-0.25, -0.2) is 18.2 Å². The van der Waals surface area contributed by atoms with E-state index in [0.29, 0.717) is 41.8 Å². The number of hydrogen-bond donors (Lipinski definition) is 1. The second-order valence-electron chi connectivity index (χ2n) is 8.63. The van der Waals surface area contributed by atoms with E-state index in [1.165, 1.54) is 11.3 Å². The van der Waals surface area contributed by atoms with E-state index in [9.17, 15) is 18.3 Å². The van der Waals surface area contributed by atoms with E-state index in [1.54, 1.807) is 19.1 Å². The maximum Gasteiger partial charge on any atom is 0.344 e. The van der Waals surface area contributed by atoms with Gasteiger partial charge in [0.25, 0.3) is 0 Å². The van der Waals surface area contributed by atoms with E-state index in [-0.39, 0.29) is 4.34 Å². The molecule has 0 fully saturated rings. The van der Waals surface area contributed by atoms with E-state index < -0.39 is 27.2 Å². The van der Waals surface area contributed by atoms with Crippen molar-refractivity contribution in [3.8, 4) is 17.0 Å². The van der Waals surface area contributed by atoms with Crippen LogP contribution in [0.1, 0.15) is 40.2 Å². The molecule has 1 N–H and O–H groups in total. The van der Waals surface area contributed by atoms with Crippen molar-refractivity contribution >= 4 is 27.1 Å². The first kappa shape index (κ1) is 24.2. The van der Waals surface area contributed by atoms with Crippen LogP contribution >= 0.6 is 11.3 Å². The highest BCUT2D eigenvalue weighted by Crippen LogP contribution is 2.44. The third-order valence-electron chi connectivity index (χ3n) is 6.34. The Balaban J connectivity index is 1.58. The molecule has 4 aromatic rings. The zero-order chi connectivity index (χ0) is 25.3. The number of carboxylic acid groups (broad SMARTS) is 1. The SMILES string of the molecule is CCC(Oc1cccc2c1CCc1sc(S(=O)(=O)C(c3ccccc3)c3ccccc3)nc1-2)C(=O)O. The van der Waals surface area contributed by atoms with Crippen LogP contribution in [-0.2, 0) is 27.5 Å². The summed E-state index contributed by atoms with van der Waals surface area (Å²) in [5.41, 5.74) is 3.66. The van der Waals surface area contributed by atoms with Crippen LogP contribution in [0, 0.1) is 0 Å². The highest BCUT2D eigenvalue weighted by atomic mass is 32.2. The van der Waals surface area contributed by atoms with Crippen LogP contribution < -0.4 is 4.74 Å². The minimum absolute atomic E-state index is 0.0846. The zero-order valence-corrected chi connectivity index (χ0v) is 21.3. The van der Waals surface area contributed by atoms with Crippen molar-refractivity contribution in [2.45, 2.75) is 41.9 Å². The van der Waals surface area contributed by atoms with Gasteiger partial charge in [0.15, 0.2) is 6.10 Å². The van der Waals surface area contributed by atoms with E-state index in [4.69, 9.17) is 4.74 Å². The lowest BCUT2D eigenvalue weighted by molar-refractivity contribution is -0.145. The second-order valence-corrected chi connectivity index (χ2v) is 11.9. The summed E-state index contributed by atoms with van der Waals surface area (Å²) in [7, 11) is -3.85. The van der Waals surface area contributed by atoms with Gasteiger partial charge in [0.2, 0.25) is 14.2 Å².